The Bertz CT molecular complexity index is 398. The molecule has 3 aliphatic rings. The molecule has 3 aliphatic heterocycles. The van der Waals surface area contributed by atoms with Gasteiger partial charge in [0.25, 0.3) is 0 Å². The van der Waals surface area contributed by atoms with Gasteiger partial charge < -0.3 is 9.47 Å². The van der Waals surface area contributed by atoms with Crippen molar-refractivity contribution in [1.82, 2.24) is 4.90 Å². The summed E-state index contributed by atoms with van der Waals surface area (Å²) < 4.78 is 10.6. The van der Waals surface area contributed by atoms with Crippen molar-refractivity contribution in [3.05, 3.63) is 22.4 Å². The fourth-order valence-electron chi connectivity index (χ4n) is 2.73. The minimum Gasteiger partial charge on any atom is -0.429 e. The lowest BCUT2D eigenvalue weighted by Crippen LogP contribution is -2.51. The molecule has 3 fully saturated rings. The number of ether oxygens (including phenoxy) is 2. The molecule has 0 radical (unpaired) electrons. The summed E-state index contributed by atoms with van der Waals surface area (Å²) >= 11 is 1.58. The topological polar surface area (TPSA) is 38.8 Å². The summed E-state index contributed by atoms with van der Waals surface area (Å²) in [7, 11) is 0. The van der Waals surface area contributed by atoms with Gasteiger partial charge in [-0.05, 0) is 43.3 Å². The second kappa shape index (κ2) is 5.28. The van der Waals surface area contributed by atoms with Gasteiger partial charge in [-0.15, -0.1) is 11.3 Å². The highest BCUT2D eigenvalue weighted by Crippen LogP contribution is 2.29. The van der Waals surface area contributed by atoms with Crippen LogP contribution in [0.1, 0.15) is 17.7 Å². The summed E-state index contributed by atoms with van der Waals surface area (Å²) in [5.41, 5.74) is 0. The second-order valence-corrected chi connectivity index (χ2v) is 5.94. The molecule has 0 saturated carbocycles. The van der Waals surface area contributed by atoms with E-state index in [4.69, 9.17) is 9.47 Å². The molecule has 2 bridgehead atoms. The first-order chi connectivity index (χ1) is 8.81. The Hall–Kier alpha value is -1.07. The number of carbonyl (C=O) groups is 1. The lowest BCUT2D eigenvalue weighted by Gasteiger charge is -2.43. The first-order valence-electron chi connectivity index (χ1n) is 6.39. The maximum Gasteiger partial charge on any atom is 0.508 e. The van der Waals surface area contributed by atoms with Gasteiger partial charge in [0, 0.05) is 11.4 Å². The van der Waals surface area contributed by atoms with Crippen LogP contribution in [-0.2, 0) is 16.1 Å². The molecular formula is C13H17NO3S. The van der Waals surface area contributed by atoms with Crippen LogP contribution in [-0.4, -0.2) is 36.8 Å². The van der Waals surface area contributed by atoms with Crippen LogP contribution in [0, 0.1) is 5.92 Å². The Morgan fingerprint density at radius 3 is 2.89 bits per heavy atom. The van der Waals surface area contributed by atoms with Gasteiger partial charge in [0.2, 0.25) is 0 Å². The minimum atomic E-state index is -0.526. The molecule has 18 heavy (non-hydrogen) atoms. The van der Waals surface area contributed by atoms with Crippen LogP contribution < -0.4 is 0 Å². The Kier molecular flexibility index (Phi) is 3.52. The van der Waals surface area contributed by atoms with Crippen LogP contribution in [0.5, 0.6) is 0 Å². The van der Waals surface area contributed by atoms with Crippen molar-refractivity contribution in [1.29, 1.82) is 0 Å². The van der Waals surface area contributed by atoms with Crippen LogP contribution in [0.15, 0.2) is 17.5 Å². The van der Waals surface area contributed by atoms with Gasteiger partial charge in [0.05, 0.1) is 0 Å². The summed E-state index contributed by atoms with van der Waals surface area (Å²) in [5.74, 6) is 0.532. The molecule has 0 amide bonds. The molecule has 3 saturated heterocycles. The summed E-state index contributed by atoms with van der Waals surface area (Å²) in [4.78, 5) is 15.0. The van der Waals surface area contributed by atoms with Gasteiger partial charge in [-0.2, -0.15) is 0 Å². The third-order valence-electron chi connectivity index (χ3n) is 3.76. The summed E-state index contributed by atoms with van der Waals surface area (Å²) in [5, 5.41) is 1.97. The molecule has 0 N–H and O–H groups in total. The number of hydrogen-bond acceptors (Lipinski definition) is 5. The third-order valence-corrected chi connectivity index (χ3v) is 4.61. The van der Waals surface area contributed by atoms with Crippen molar-refractivity contribution in [2.45, 2.75) is 25.6 Å². The van der Waals surface area contributed by atoms with Crippen molar-refractivity contribution in [3.63, 3.8) is 0 Å². The largest absolute Gasteiger partial charge is 0.508 e. The molecule has 1 atom stereocenters. The van der Waals surface area contributed by atoms with Crippen LogP contribution in [0.25, 0.3) is 0 Å². The van der Waals surface area contributed by atoms with Gasteiger partial charge in [-0.25, -0.2) is 4.79 Å². The third kappa shape index (κ3) is 2.67. The monoisotopic (exact) mass is 267 g/mol. The maximum absolute atomic E-state index is 11.6. The van der Waals surface area contributed by atoms with E-state index in [1.165, 1.54) is 0 Å². The molecular weight excluding hydrogens is 250 g/mol. The Morgan fingerprint density at radius 1 is 1.44 bits per heavy atom. The molecule has 0 aromatic carbocycles. The average Bonchev–Trinajstić information content (AvgIpc) is 2.91. The van der Waals surface area contributed by atoms with E-state index in [-0.39, 0.29) is 6.10 Å². The van der Waals surface area contributed by atoms with Crippen molar-refractivity contribution < 1.29 is 14.3 Å². The first-order valence-corrected chi connectivity index (χ1v) is 7.27. The van der Waals surface area contributed by atoms with Crippen LogP contribution in [0.2, 0.25) is 0 Å². The molecule has 1 aromatic rings. The molecule has 98 valence electrons. The zero-order valence-electron chi connectivity index (χ0n) is 10.2. The van der Waals surface area contributed by atoms with Crippen molar-refractivity contribution in [2.75, 3.05) is 19.6 Å². The first kappa shape index (κ1) is 12.0. The predicted octanol–water partition coefficient (Wildman–Crippen LogP) is 2.50. The zero-order chi connectivity index (χ0) is 12.4. The van der Waals surface area contributed by atoms with Crippen molar-refractivity contribution in [3.8, 4) is 0 Å². The van der Waals surface area contributed by atoms with Gasteiger partial charge in [-0.3, -0.25) is 4.90 Å². The second-order valence-electron chi connectivity index (χ2n) is 4.91. The minimum absolute atomic E-state index is 0.0309. The van der Waals surface area contributed by atoms with E-state index in [0.717, 1.165) is 37.4 Å². The Balaban J connectivity index is 1.46. The number of nitrogens with zero attached hydrogens (tertiary/aromatic N) is 1. The normalized spacial score (nSPS) is 30.1. The molecule has 0 aliphatic carbocycles. The molecule has 1 aromatic heterocycles. The number of hydrogen-bond donors (Lipinski definition) is 0. The van der Waals surface area contributed by atoms with Gasteiger partial charge in [0.1, 0.15) is 12.7 Å². The fraction of sp³-hybridized carbons (Fsp3) is 0.615. The summed E-state index contributed by atoms with van der Waals surface area (Å²) in [6.07, 6.45) is 1.79. The molecule has 4 rings (SSSR count). The highest BCUT2D eigenvalue weighted by molar-refractivity contribution is 7.09. The Labute approximate surface area is 110 Å². The van der Waals surface area contributed by atoms with Crippen molar-refractivity contribution in [2.24, 2.45) is 5.92 Å². The number of fused-ring (bicyclic) bond motifs is 3. The predicted molar refractivity (Wildman–Crippen MR) is 68.5 cm³/mol. The molecule has 1 unspecified atom stereocenters. The summed E-state index contributed by atoms with van der Waals surface area (Å²) in [6.45, 7) is 3.49. The summed E-state index contributed by atoms with van der Waals surface area (Å²) in [6, 6.07) is 3.90. The molecule has 4 nitrogen and oxygen atoms in total. The molecule has 4 heterocycles. The zero-order valence-corrected chi connectivity index (χ0v) is 11.0. The van der Waals surface area contributed by atoms with Crippen LogP contribution in [0.4, 0.5) is 4.79 Å². The van der Waals surface area contributed by atoms with Gasteiger partial charge in [-0.1, -0.05) is 6.07 Å². The van der Waals surface area contributed by atoms with Crippen LogP contribution >= 0.6 is 11.3 Å². The SMILES string of the molecule is O=C(OCc1cccs1)OC1CN2CCC1CC2. The molecule has 0 spiro atoms. The van der Waals surface area contributed by atoms with Crippen LogP contribution in [0.3, 0.4) is 0 Å². The lowest BCUT2D eigenvalue weighted by atomic mass is 9.86. The van der Waals surface area contributed by atoms with Gasteiger partial charge >= 0.3 is 6.16 Å². The number of carbonyl (C=O) groups excluding carboxylic acids is 1. The number of piperidine rings is 3. The number of thiophene rings is 1. The molecule has 5 heteroatoms. The average molecular weight is 267 g/mol. The smallest absolute Gasteiger partial charge is 0.429 e. The lowest BCUT2D eigenvalue weighted by molar-refractivity contribution is -0.0597. The Morgan fingerprint density at radius 2 is 2.28 bits per heavy atom. The van der Waals surface area contributed by atoms with E-state index in [9.17, 15) is 4.79 Å². The van der Waals surface area contributed by atoms with E-state index >= 15 is 0 Å². The van der Waals surface area contributed by atoms with Gasteiger partial charge in [0.15, 0.2) is 0 Å². The van der Waals surface area contributed by atoms with E-state index in [0.29, 0.717) is 12.5 Å². The quantitative estimate of drug-likeness (QED) is 0.789. The van der Waals surface area contributed by atoms with E-state index in [1.807, 2.05) is 17.5 Å². The standard InChI is InChI=1S/C13H17NO3S/c15-13(16-9-11-2-1-7-18-11)17-12-8-14-5-3-10(12)4-6-14/h1-2,7,10,12H,3-6,8-9H2. The highest BCUT2D eigenvalue weighted by Gasteiger charge is 2.36. The van der Waals surface area contributed by atoms with E-state index in [1.54, 1.807) is 11.3 Å². The van der Waals surface area contributed by atoms with E-state index in [2.05, 4.69) is 4.90 Å². The number of rotatable bonds is 3. The fourth-order valence-corrected chi connectivity index (χ4v) is 3.34. The maximum atomic E-state index is 11.6. The highest BCUT2D eigenvalue weighted by atomic mass is 32.1. The van der Waals surface area contributed by atoms with Crippen molar-refractivity contribution >= 4 is 17.5 Å². The van der Waals surface area contributed by atoms with E-state index < -0.39 is 6.16 Å².